The van der Waals surface area contributed by atoms with Crippen LogP contribution >= 0.6 is 0 Å². The van der Waals surface area contributed by atoms with E-state index in [9.17, 15) is 23.1 Å². The van der Waals surface area contributed by atoms with Crippen molar-refractivity contribution in [1.82, 2.24) is 4.90 Å². The number of amides is 1. The maximum absolute atomic E-state index is 12.3. The summed E-state index contributed by atoms with van der Waals surface area (Å²) in [4.78, 5) is 9.71. The van der Waals surface area contributed by atoms with Gasteiger partial charge in [0.25, 0.3) is 0 Å². The Morgan fingerprint density at radius 2 is 1.71 bits per heavy atom. The zero-order valence-electron chi connectivity index (χ0n) is 9.12. The lowest BCUT2D eigenvalue weighted by Crippen LogP contribution is -2.48. The molecule has 1 aromatic rings. The molecule has 0 saturated heterocycles. The van der Waals surface area contributed by atoms with Crippen LogP contribution in [0.25, 0.3) is 0 Å². The molecule has 0 unspecified atom stereocenters. The van der Waals surface area contributed by atoms with Crippen molar-refractivity contribution in [1.29, 1.82) is 0 Å². The number of nitrogens with zero attached hydrogens (tertiary/aromatic N) is 1. The fourth-order valence-corrected chi connectivity index (χ4v) is 1.32. The molecular weight excluding hydrogens is 235 g/mol. The lowest BCUT2D eigenvalue weighted by atomic mass is 10.1. The number of hydrogen-bond donors (Lipinski definition) is 0. The molecule has 1 rings (SSSR count). The second kappa shape index (κ2) is 5.07. The molecule has 0 spiro atoms. The van der Waals surface area contributed by atoms with Crippen LogP contribution in [0.5, 0.6) is 0 Å². The number of carboxylic acid groups (broad SMARTS) is 1. The molecule has 6 heteroatoms. The van der Waals surface area contributed by atoms with E-state index in [1.807, 2.05) is 6.92 Å². The Labute approximate surface area is 96.5 Å². The highest BCUT2D eigenvalue weighted by Gasteiger charge is 2.37. The zero-order chi connectivity index (χ0) is 13.1. The van der Waals surface area contributed by atoms with Gasteiger partial charge in [0.1, 0.15) is 6.09 Å². The van der Waals surface area contributed by atoms with Gasteiger partial charge in [0.05, 0.1) is 6.54 Å². The summed E-state index contributed by atoms with van der Waals surface area (Å²) >= 11 is 0. The lowest BCUT2D eigenvalue weighted by molar-refractivity contribution is -0.314. The quantitative estimate of drug-likeness (QED) is 0.765. The summed E-state index contributed by atoms with van der Waals surface area (Å²) in [6.45, 7) is 1.16. The SMILES string of the molecule is CCc1ccc(CN(C(=O)[O-])C(F)(F)F)cc1. The molecule has 0 aliphatic heterocycles. The van der Waals surface area contributed by atoms with E-state index in [1.54, 1.807) is 12.1 Å². The molecule has 0 aliphatic rings. The number of aryl methyl sites for hydroxylation is 1. The van der Waals surface area contributed by atoms with Crippen LogP contribution in [-0.2, 0) is 13.0 Å². The van der Waals surface area contributed by atoms with E-state index in [4.69, 9.17) is 0 Å². The molecule has 1 amide bonds. The third-order valence-corrected chi connectivity index (χ3v) is 2.30. The van der Waals surface area contributed by atoms with Gasteiger partial charge >= 0.3 is 6.30 Å². The molecular formula is C11H11F3NO2-. The lowest BCUT2D eigenvalue weighted by Gasteiger charge is -2.27. The first-order chi connectivity index (χ1) is 7.84. The fraction of sp³-hybridized carbons (Fsp3) is 0.364. The molecule has 0 fully saturated rings. The van der Waals surface area contributed by atoms with Crippen molar-refractivity contribution >= 4 is 6.09 Å². The van der Waals surface area contributed by atoms with E-state index in [-0.39, 0.29) is 5.56 Å². The highest BCUT2D eigenvalue weighted by Crippen LogP contribution is 2.23. The van der Waals surface area contributed by atoms with Crippen LogP contribution in [0.2, 0.25) is 0 Å². The van der Waals surface area contributed by atoms with Crippen LogP contribution in [0, 0.1) is 0 Å². The summed E-state index contributed by atoms with van der Waals surface area (Å²) in [5.41, 5.74) is 1.24. The average Bonchev–Trinajstić information content (AvgIpc) is 2.24. The molecule has 0 bridgehead atoms. The number of carbonyl (C=O) groups excluding carboxylic acids is 1. The van der Waals surface area contributed by atoms with Gasteiger partial charge in [-0.2, -0.15) is 13.2 Å². The maximum atomic E-state index is 12.3. The molecule has 0 aromatic heterocycles. The van der Waals surface area contributed by atoms with E-state index < -0.39 is 23.8 Å². The molecule has 0 atom stereocenters. The number of carbonyl (C=O) groups is 1. The second-order valence-electron chi connectivity index (χ2n) is 3.49. The summed E-state index contributed by atoms with van der Waals surface area (Å²) < 4.78 is 36.9. The first-order valence-corrected chi connectivity index (χ1v) is 4.97. The average molecular weight is 246 g/mol. The molecule has 0 N–H and O–H groups in total. The Morgan fingerprint density at radius 3 is 2.06 bits per heavy atom. The van der Waals surface area contributed by atoms with Crippen LogP contribution in [0.1, 0.15) is 18.1 Å². The molecule has 0 radical (unpaired) electrons. The van der Waals surface area contributed by atoms with E-state index >= 15 is 0 Å². The van der Waals surface area contributed by atoms with Crippen LogP contribution in [0.3, 0.4) is 0 Å². The predicted molar refractivity (Wildman–Crippen MR) is 52.8 cm³/mol. The summed E-state index contributed by atoms with van der Waals surface area (Å²) in [7, 11) is 0. The smallest absolute Gasteiger partial charge is 0.486 e. The van der Waals surface area contributed by atoms with E-state index in [2.05, 4.69) is 0 Å². The molecule has 0 heterocycles. The molecule has 17 heavy (non-hydrogen) atoms. The van der Waals surface area contributed by atoms with Gasteiger partial charge in [-0.05, 0) is 17.5 Å². The topological polar surface area (TPSA) is 43.4 Å². The van der Waals surface area contributed by atoms with Gasteiger partial charge in [-0.25, -0.2) is 0 Å². The molecule has 94 valence electrons. The Balaban J connectivity index is 2.83. The van der Waals surface area contributed by atoms with Crippen molar-refractivity contribution in [2.24, 2.45) is 0 Å². The van der Waals surface area contributed by atoms with Gasteiger partial charge in [-0.15, -0.1) is 0 Å². The third kappa shape index (κ3) is 3.65. The van der Waals surface area contributed by atoms with E-state index in [0.29, 0.717) is 0 Å². The molecule has 0 aliphatic carbocycles. The number of hydrogen-bond acceptors (Lipinski definition) is 2. The second-order valence-corrected chi connectivity index (χ2v) is 3.49. The highest BCUT2D eigenvalue weighted by molar-refractivity contribution is 5.62. The van der Waals surface area contributed by atoms with Gasteiger partial charge in [-0.1, -0.05) is 31.2 Å². The van der Waals surface area contributed by atoms with Crippen molar-refractivity contribution in [3.8, 4) is 0 Å². The van der Waals surface area contributed by atoms with Crippen molar-refractivity contribution in [2.45, 2.75) is 26.2 Å². The Morgan fingerprint density at radius 1 is 1.24 bits per heavy atom. The van der Waals surface area contributed by atoms with Crippen molar-refractivity contribution in [2.75, 3.05) is 0 Å². The van der Waals surface area contributed by atoms with Gasteiger partial charge in [0, 0.05) is 0 Å². The number of benzene rings is 1. The Kier molecular flexibility index (Phi) is 3.98. The monoisotopic (exact) mass is 246 g/mol. The number of halogens is 3. The normalized spacial score (nSPS) is 11.3. The van der Waals surface area contributed by atoms with Crippen molar-refractivity contribution in [3.63, 3.8) is 0 Å². The van der Waals surface area contributed by atoms with Gasteiger partial charge < -0.3 is 9.90 Å². The largest absolute Gasteiger partial charge is 0.530 e. The minimum absolute atomic E-state index is 0.267. The van der Waals surface area contributed by atoms with E-state index in [0.717, 1.165) is 12.0 Å². The Hall–Kier alpha value is -1.72. The van der Waals surface area contributed by atoms with Crippen LogP contribution < -0.4 is 5.11 Å². The zero-order valence-corrected chi connectivity index (χ0v) is 9.12. The number of alkyl halides is 3. The van der Waals surface area contributed by atoms with Gasteiger partial charge in [-0.3, -0.25) is 4.90 Å². The highest BCUT2D eigenvalue weighted by atomic mass is 19.4. The summed E-state index contributed by atoms with van der Waals surface area (Å²) in [6.07, 6.45) is -6.43. The summed E-state index contributed by atoms with van der Waals surface area (Å²) in [5.74, 6) is 0. The Bertz CT molecular complexity index is 387. The third-order valence-electron chi connectivity index (χ3n) is 2.30. The van der Waals surface area contributed by atoms with Gasteiger partial charge in [0.2, 0.25) is 0 Å². The van der Waals surface area contributed by atoms with Crippen LogP contribution in [0.4, 0.5) is 18.0 Å². The summed E-state index contributed by atoms with van der Waals surface area (Å²) in [6, 6.07) is 6.28. The van der Waals surface area contributed by atoms with Crippen LogP contribution in [-0.4, -0.2) is 17.3 Å². The van der Waals surface area contributed by atoms with Gasteiger partial charge in [0.15, 0.2) is 0 Å². The fourth-order valence-electron chi connectivity index (χ4n) is 1.32. The first kappa shape index (κ1) is 13.3. The van der Waals surface area contributed by atoms with Crippen molar-refractivity contribution < 1.29 is 23.1 Å². The minimum Gasteiger partial charge on any atom is -0.530 e. The predicted octanol–water partition coefficient (Wildman–Crippen LogP) is 1.91. The number of rotatable bonds is 3. The maximum Gasteiger partial charge on any atom is 0.486 e. The first-order valence-electron chi connectivity index (χ1n) is 4.97. The minimum atomic E-state index is -4.94. The molecule has 3 nitrogen and oxygen atoms in total. The van der Waals surface area contributed by atoms with E-state index in [1.165, 1.54) is 12.1 Å². The van der Waals surface area contributed by atoms with Crippen molar-refractivity contribution in [3.05, 3.63) is 35.4 Å². The molecule has 0 saturated carbocycles. The van der Waals surface area contributed by atoms with Crippen LogP contribution in [0.15, 0.2) is 24.3 Å². The standard InChI is InChI=1S/C11H12F3NO2/c1-2-8-3-5-9(6-4-8)7-15(10(16)17)11(12,13)14/h3-6H,2,7H2,1H3,(H,16,17)/p-1. The summed E-state index contributed by atoms with van der Waals surface area (Å²) in [5, 5.41) is 10.4. The molecule has 1 aromatic carbocycles.